The summed E-state index contributed by atoms with van der Waals surface area (Å²) in [4.78, 5) is 17.3. The fraction of sp³-hybridized carbons (Fsp3) is 0.400. The van der Waals surface area contributed by atoms with E-state index in [2.05, 4.69) is 4.98 Å². The molecule has 1 unspecified atom stereocenters. The molecule has 0 aromatic carbocycles. The van der Waals surface area contributed by atoms with Gasteiger partial charge in [0.2, 0.25) is 5.91 Å². The first-order valence-corrected chi connectivity index (χ1v) is 5.20. The lowest BCUT2D eigenvalue weighted by Crippen LogP contribution is -2.26. The highest BCUT2D eigenvalue weighted by molar-refractivity contribution is 6.33. The lowest BCUT2D eigenvalue weighted by atomic mass is 10.1. The number of nitrogens with two attached hydrogens (primary N) is 1. The lowest BCUT2D eigenvalue weighted by Gasteiger charge is -2.17. The van der Waals surface area contributed by atoms with Crippen LogP contribution in [-0.4, -0.2) is 24.0 Å². The Morgan fingerprint density at radius 1 is 1.67 bits per heavy atom. The molecular weight excluding hydrogens is 214 g/mol. The van der Waals surface area contributed by atoms with Gasteiger partial charge < -0.3 is 10.6 Å². The number of nitrogens with zero attached hydrogens (tertiary/aromatic N) is 2. The monoisotopic (exact) mass is 225 g/mol. The van der Waals surface area contributed by atoms with Crippen LogP contribution in [0.3, 0.4) is 0 Å². The van der Waals surface area contributed by atoms with Crippen LogP contribution in [0.4, 0.5) is 5.69 Å². The third-order valence-corrected chi connectivity index (χ3v) is 2.87. The van der Waals surface area contributed by atoms with Crippen LogP contribution in [-0.2, 0) is 4.79 Å². The second-order valence-corrected chi connectivity index (χ2v) is 4.04. The van der Waals surface area contributed by atoms with Crippen LogP contribution in [0.25, 0.3) is 0 Å². The fourth-order valence-electron chi connectivity index (χ4n) is 1.76. The molecule has 80 valence electrons. The average Bonchev–Trinajstić information content (AvgIpc) is 2.60. The SMILES string of the molecule is NCC1CC(=O)N(c2ccncc2Cl)C1. The molecule has 1 atom stereocenters. The van der Waals surface area contributed by atoms with Gasteiger partial charge in [-0.15, -0.1) is 0 Å². The maximum atomic E-state index is 11.7. The number of carbonyl (C=O) groups excluding carboxylic acids is 1. The zero-order valence-corrected chi connectivity index (χ0v) is 8.94. The summed E-state index contributed by atoms with van der Waals surface area (Å²) < 4.78 is 0. The van der Waals surface area contributed by atoms with Crippen LogP contribution in [0, 0.1) is 5.92 Å². The molecule has 0 radical (unpaired) electrons. The van der Waals surface area contributed by atoms with Crippen molar-refractivity contribution in [3.05, 3.63) is 23.5 Å². The highest BCUT2D eigenvalue weighted by Gasteiger charge is 2.30. The van der Waals surface area contributed by atoms with Crippen molar-refractivity contribution in [1.29, 1.82) is 0 Å². The molecule has 5 heteroatoms. The summed E-state index contributed by atoms with van der Waals surface area (Å²) in [5.74, 6) is 0.320. The van der Waals surface area contributed by atoms with Gasteiger partial charge in [0.25, 0.3) is 0 Å². The van der Waals surface area contributed by atoms with Crippen LogP contribution in [0.1, 0.15) is 6.42 Å². The molecule has 1 aromatic heterocycles. The minimum Gasteiger partial charge on any atom is -0.330 e. The van der Waals surface area contributed by atoms with Gasteiger partial charge in [0.1, 0.15) is 0 Å². The van der Waals surface area contributed by atoms with Crippen molar-refractivity contribution in [1.82, 2.24) is 4.98 Å². The van der Waals surface area contributed by atoms with Gasteiger partial charge in [-0.25, -0.2) is 0 Å². The standard InChI is InChI=1S/C10H12ClN3O/c11-8-5-13-2-1-9(8)14-6-7(4-12)3-10(14)15/h1-2,5,7H,3-4,6,12H2. The normalized spacial score (nSPS) is 21.1. The maximum Gasteiger partial charge on any atom is 0.227 e. The summed E-state index contributed by atoms with van der Waals surface area (Å²) in [5, 5.41) is 0.503. The van der Waals surface area contributed by atoms with Crippen molar-refractivity contribution in [2.45, 2.75) is 6.42 Å². The number of hydrogen-bond acceptors (Lipinski definition) is 3. The zero-order chi connectivity index (χ0) is 10.8. The topological polar surface area (TPSA) is 59.2 Å². The predicted molar refractivity (Wildman–Crippen MR) is 58.8 cm³/mol. The Morgan fingerprint density at radius 2 is 2.47 bits per heavy atom. The first-order chi connectivity index (χ1) is 7.22. The van der Waals surface area contributed by atoms with E-state index in [1.54, 1.807) is 23.4 Å². The van der Waals surface area contributed by atoms with E-state index in [4.69, 9.17) is 17.3 Å². The summed E-state index contributed by atoms with van der Waals surface area (Å²) in [6.07, 6.45) is 3.68. The van der Waals surface area contributed by atoms with Gasteiger partial charge in [-0.3, -0.25) is 9.78 Å². The summed E-state index contributed by atoms with van der Waals surface area (Å²) in [6, 6.07) is 1.75. The molecule has 1 aromatic rings. The number of rotatable bonds is 2. The Kier molecular flexibility index (Phi) is 2.88. The van der Waals surface area contributed by atoms with Crippen molar-refractivity contribution >= 4 is 23.2 Å². The number of pyridine rings is 1. The van der Waals surface area contributed by atoms with Crippen LogP contribution in [0.15, 0.2) is 18.5 Å². The average molecular weight is 226 g/mol. The van der Waals surface area contributed by atoms with Crippen LogP contribution >= 0.6 is 11.6 Å². The molecular formula is C10H12ClN3O. The Labute approximate surface area is 93.0 Å². The van der Waals surface area contributed by atoms with E-state index in [1.807, 2.05) is 0 Å². The molecule has 2 heterocycles. The summed E-state index contributed by atoms with van der Waals surface area (Å²) in [6.45, 7) is 1.18. The van der Waals surface area contributed by atoms with E-state index in [0.717, 1.165) is 5.69 Å². The van der Waals surface area contributed by atoms with Gasteiger partial charge >= 0.3 is 0 Å². The molecule has 0 aliphatic carbocycles. The molecule has 1 amide bonds. The number of anilines is 1. The molecule has 15 heavy (non-hydrogen) atoms. The zero-order valence-electron chi connectivity index (χ0n) is 8.19. The highest BCUT2D eigenvalue weighted by Crippen LogP contribution is 2.29. The summed E-state index contributed by atoms with van der Waals surface area (Å²) in [5.41, 5.74) is 6.28. The lowest BCUT2D eigenvalue weighted by molar-refractivity contribution is -0.117. The van der Waals surface area contributed by atoms with E-state index >= 15 is 0 Å². The molecule has 1 saturated heterocycles. The molecule has 2 rings (SSSR count). The minimum absolute atomic E-state index is 0.0820. The van der Waals surface area contributed by atoms with E-state index in [9.17, 15) is 4.79 Å². The first-order valence-electron chi connectivity index (χ1n) is 4.82. The van der Waals surface area contributed by atoms with Gasteiger partial charge in [0.05, 0.1) is 10.7 Å². The molecule has 0 bridgehead atoms. The van der Waals surface area contributed by atoms with E-state index in [-0.39, 0.29) is 11.8 Å². The molecule has 0 spiro atoms. The smallest absolute Gasteiger partial charge is 0.227 e. The second-order valence-electron chi connectivity index (χ2n) is 3.64. The quantitative estimate of drug-likeness (QED) is 0.819. The third kappa shape index (κ3) is 1.96. The van der Waals surface area contributed by atoms with Crippen LogP contribution in [0.2, 0.25) is 5.02 Å². The molecule has 4 nitrogen and oxygen atoms in total. The molecule has 1 aliphatic rings. The van der Waals surface area contributed by atoms with Crippen molar-refractivity contribution < 1.29 is 4.79 Å². The number of amides is 1. The van der Waals surface area contributed by atoms with Crippen LogP contribution in [0.5, 0.6) is 0 Å². The van der Waals surface area contributed by atoms with Crippen molar-refractivity contribution in [3.63, 3.8) is 0 Å². The number of aromatic nitrogens is 1. The van der Waals surface area contributed by atoms with Gasteiger partial charge in [-0.05, 0) is 18.5 Å². The Morgan fingerprint density at radius 3 is 3.07 bits per heavy atom. The highest BCUT2D eigenvalue weighted by atomic mass is 35.5. The Hall–Kier alpha value is -1.13. The van der Waals surface area contributed by atoms with Gasteiger partial charge in [-0.1, -0.05) is 11.6 Å². The third-order valence-electron chi connectivity index (χ3n) is 2.58. The molecule has 1 fully saturated rings. The number of carbonyl (C=O) groups is 1. The largest absolute Gasteiger partial charge is 0.330 e. The van der Waals surface area contributed by atoms with Crippen molar-refractivity contribution in [2.75, 3.05) is 18.0 Å². The van der Waals surface area contributed by atoms with Gasteiger partial charge in [0.15, 0.2) is 0 Å². The Bertz CT molecular complexity index is 383. The van der Waals surface area contributed by atoms with E-state index in [1.165, 1.54) is 0 Å². The summed E-state index contributed by atoms with van der Waals surface area (Å²) >= 11 is 5.97. The van der Waals surface area contributed by atoms with Gasteiger partial charge in [0, 0.05) is 25.4 Å². The second kappa shape index (κ2) is 4.16. The number of hydrogen-bond donors (Lipinski definition) is 1. The van der Waals surface area contributed by atoms with Crippen molar-refractivity contribution in [3.8, 4) is 0 Å². The molecule has 0 saturated carbocycles. The van der Waals surface area contributed by atoms with Crippen LogP contribution < -0.4 is 10.6 Å². The first kappa shape index (κ1) is 10.4. The van der Waals surface area contributed by atoms with Gasteiger partial charge in [-0.2, -0.15) is 0 Å². The molecule has 1 aliphatic heterocycles. The number of halogens is 1. The summed E-state index contributed by atoms with van der Waals surface area (Å²) in [7, 11) is 0. The van der Waals surface area contributed by atoms with E-state index in [0.29, 0.717) is 24.5 Å². The molecule has 2 N–H and O–H groups in total. The predicted octanol–water partition coefficient (Wildman–Crippen LogP) is 1.05. The maximum absolute atomic E-state index is 11.7. The fourth-order valence-corrected chi connectivity index (χ4v) is 1.98. The minimum atomic E-state index is 0.0820. The Balaban J connectivity index is 2.25. The van der Waals surface area contributed by atoms with Crippen molar-refractivity contribution in [2.24, 2.45) is 11.7 Å². The van der Waals surface area contributed by atoms with E-state index < -0.39 is 0 Å².